The van der Waals surface area contributed by atoms with Crippen molar-refractivity contribution in [2.75, 3.05) is 25.0 Å². The number of aromatic nitrogens is 1. The van der Waals surface area contributed by atoms with E-state index in [1.54, 1.807) is 57.2 Å². The number of nitrogens with two attached hydrogens (primary N) is 1. The second kappa shape index (κ2) is 12.7. The fourth-order valence-corrected chi connectivity index (χ4v) is 4.60. The van der Waals surface area contributed by atoms with Gasteiger partial charge in [-0.15, -0.1) is 0 Å². The first kappa shape index (κ1) is 29.6. The van der Waals surface area contributed by atoms with Gasteiger partial charge in [0.15, 0.2) is 0 Å². The molecule has 0 saturated carbocycles. The number of hydrogen-bond acceptors (Lipinski definition) is 8. The fraction of sp³-hybridized carbons (Fsp3) is 0.346. The third kappa shape index (κ3) is 8.53. The van der Waals surface area contributed by atoms with Gasteiger partial charge in [-0.1, -0.05) is 18.2 Å². The van der Waals surface area contributed by atoms with E-state index in [1.807, 2.05) is 0 Å². The molecule has 3 aromatic rings. The van der Waals surface area contributed by atoms with E-state index in [0.717, 1.165) is 0 Å². The summed E-state index contributed by atoms with van der Waals surface area (Å²) in [7, 11) is -4.11. The van der Waals surface area contributed by atoms with Gasteiger partial charge in [0, 0.05) is 12.1 Å². The Bertz CT molecular complexity index is 1470. The predicted molar refractivity (Wildman–Crippen MR) is 146 cm³/mol. The highest BCUT2D eigenvalue weighted by Crippen LogP contribution is 2.15. The molecule has 0 aliphatic rings. The summed E-state index contributed by atoms with van der Waals surface area (Å²) >= 11 is 0. The van der Waals surface area contributed by atoms with E-state index in [4.69, 9.17) is 15.2 Å². The molecule has 2 heterocycles. The average Bonchev–Trinajstić information content (AvgIpc) is 2.88. The number of nitrogens with one attached hydrogen (secondary N) is 3. The van der Waals surface area contributed by atoms with Crippen molar-refractivity contribution in [3.05, 3.63) is 71.1 Å². The van der Waals surface area contributed by atoms with Crippen LogP contribution >= 0.6 is 0 Å². The number of fused-ring (bicyclic) bond motifs is 1. The SMILES string of the molecule is CC(C)(C)OC(=O)C(CNC(=O)Nc1ccc2ccc(OCCCN)cn2c1=O)NS(=O)(=O)c1ccccc1. The molecular weight excluding hydrogens is 526 g/mol. The van der Waals surface area contributed by atoms with Crippen LogP contribution in [-0.4, -0.2) is 56.2 Å². The molecule has 0 radical (unpaired) electrons. The van der Waals surface area contributed by atoms with Gasteiger partial charge in [0.05, 0.1) is 17.7 Å². The number of rotatable bonds is 11. The van der Waals surface area contributed by atoms with E-state index in [2.05, 4.69) is 15.4 Å². The van der Waals surface area contributed by atoms with E-state index in [9.17, 15) is 22.8 Å². The molecule has 0 aliphatic carbocycles. The Morgan fingerprint density at radius 2 is 1.74 bits per heavy atom. The molecule has 13 heteroatoms. The maximum Gasteiger partial charge on any atom is 0.326 e. The predicted octanol–water partition coefficient (Wildman–Crippen LogP) is 1.84. The van der Waals surface area contributed by atoms with Gasteiger partial charge < -0.3 is 25.8 Å². The molecule has 0 bridgehead atoms. The lowest BCUT2D eigenvalue weighted by Crippen LogP contribution is -2.51. The lowest BCUT2D eigenvalue weighted by Gasteiger charge is -2.24. The first-order valence-electron chi connectivity index (χ1n) is 12.2. The Labute approximate surface area is 226 Å². The zero-order valence-corrected chi connectivity index (χ0v) is 22.8. The highest BCUT2D eigenvalue weighted by atomic mass is 32.2. The summed E-state index contributed by atoms with van der Waals surface area (Å²) in [5, 5.41) is 4.87. The second-order valence-corrected chi connectivity index (χ2v) is 11.3. The van der Waals surface area contributed by atoms with Gasteiger partial charge >= 0.3 is 12.0 Å². The lowest BCUT2D eigenvalue weighted by atomic mass is 10.2. The van der Waals surface area contributed by atoms with Crippen molar-refractivity contribution in [1.82, 2.24) is 14.4 Å². The molecule has 1 aromatic carbocycles. The molecule has 0 spiro atoms. The van der Waals surface area contributed by atoms with Crippen molar-refractivity contribution < 1.29 is 27.5 Å². The Morgan fingerprint density at radius 3 is 2.41 bits per heavy atom. The summed E-state index contributed by atoms with van der Waals surface area (Å²) in [4.78, 5) is 38.3. The second-order valence-electron chi connectivity index (χ2n) is 9.56. The van der Waals surface area contributed by atoms with Crippen LogP contribution in [0.4, 0.5) is 10.5 Å². The number of benzene rings is 1. The van der Waals surface area contributed by atoms with Gasteiger partial charge in [-0.3, -0.25) is 14.0 Å². The largest absolute Gasteiger partial charge is 0.492 e. The smallest absolute Gasteiger partial charge is 0.326 e. The molecule has 2 amide bonds. The molecule has 5 N–H and O–H groups in total. The quantitative estimate of drug-likeness (QED) is 0.204. The summed E-state index contributed by atoms with van der Waals surface area (Å²) in [6.07, 6.45) is 2.16. The number of amides is 2. The van der Waals surface area contributed by atoms with Gasteiger partial charge in [0.1, 0.15) is 23.1 Å². The normalized spacial score (nSPS) is 12.5. The van der Waals surface area contributed by atoms with E-state index in [0.29, 0.717) is 30.8 Å². The van der Waals surface area contributed by atoms with Gasteiger partial charge in [-0.05, 0) is 70.1 Å². The number of esters is 1. The van der Waals surface area contributed by atoms with Crippen LogP contribution in [-0.2, 0) is 19.6 Å². The van der Waals surface area contributed by atoms with E-state index in [1.165, 1.54) is 28.8 Å². The summed E-state index contributed by atoms with van der Waals surface area (Å²) < 4.78 is 40.2. The number of carbonyl (C=O) groups excluding carboxylic acids is 2. The van der Waals surface area contributed by atoms with Crippen LogP contribution in [0.15, 0.2) is 70.5 Å². The highest BCUT2D eigenvalue weighted by Gasteiger charge is 2.30. The maximum absolute atomic E-state index is 13.0. The van der Waals surface area contributed by atoms with Gasteiger partial charge in [-0.2, -0.15) is 4.72 Å². The Hall–Kier alpha value is -3.94. The summed E-state index contributed by atoms with van der Waals surface area (Å²) in [6, 6.07) is 11.7. The molecule has 39 heavy (non-hydrogen) atoms. The molecule has 0 saturated heterocycles. The first-order chi connectivity index (χ1) is 18.4. The van der Waals surface area contributed by atoms with Crippen molar-refractivity contribution in [1.29, 1.82) is 0 Å². The van der Waals surface area contributed by atoms with Gasteiger partial charge in [0.2, 0.25) is 10.0 Å². The summed E-state index contributed by atoms with van der Waals surface area (Å²) in [5.74, 6) is -0.416. The average molecular weight is 560 g/mol. The minimum atomic E-state index is -4.11. The van der Waals surface area contributed by atoms with E-state index >= 15 is 0 Å². The monoisotopic (exact) mass is 559 g/mol. The zero-order chi connectivity index (χ0) is 28.6. The molecule has 12 nitrogen and oxygen atoms in total. The van der Waals surface area contributed by atoms with Crippen LogP contribution in [0.1, 0.15) is 27.2 Å². The van der Waals surface area contributed by atoms with E-state index < -0.39 is 45.8 Å². The van der Waals surface area contributed by atoms with Crippen molar-refractivity contribution >= 4 is 33.2 Å². The molecular formula is C26H33N5O7S. The van der Waals surface area contributed by atoms with Crippen molar-refractivity contribution in [2.24, 2.45) is 5.73 Å². The molecule has 0 fully saturated rings. The third-order valence-electron chi connectivity index (χ3n) is 5.20. The Balaban J connectivity index is 1.74. The molecule has 0 aliphatic heterocycles. The molecule has 1 unspecified atom stereocenters. The van der Waals surface area contributed by atoms with Crippen molar-refractivity contribution in [3.63, 3.8) is 0 Å². The first-order valence-corrected chi connectivity index (χ1v) is 13.7. The minimum absolute atomic E-state index is 0.0391. The lowest BCUT2D eigenvalue weighted by molar-refractivity contribution is -0.156. The standard InChI is InChI=1S/C26H33N5O7S/c1-26(2,3)38-24(33)22(30-39(35,36)20-8-5-4-6-9-20)16-28-25(34)29-21-13-11-18-10-12-19(37-15-7-14-27)17-31(18)23(21)32/h4-6,8-13,17,22,30H,7,14-16,27H2,1-3H3,(H2,28,29,34). The highest BCUT2D eigenvalue weighted by molar-refractivity contribution is 7.89. The minimum Gasteiger partial charge on any atom is -0.492 e. The van der Waals surface area contributed by atoms with Crippen LogP contribution < -0.4 is 31.4 Å². The topological polar surface area (TPSA) is 170 Å². The van der Waals surface area contributed by atoms with Crippen molar-refractivity contribution in [3.8, 4) is 5.75 Å². The third-order valence-corrected chi connectivity index (χ3v) is 6.68. The van der Waals surface area contributed by atoms with E-state index in [-0.39, 0.29) is 10.6 Å². The Kier molecular flexibility index (Phi) is 9.67. The summed E-state index contributed by atoms with van der Waals surface area (Å²) in [6.45, 7) is 5.32. The van der Waals surface area contributed by atoms with Gasteiger partial charge in [0.25, 0.3) is 5.56 Å². The number of anilines is 1. The van der Waals surface area contributed by atoms with Crippen LogP contribution in [0.3, 0.4) is 0 Å². The number of ether oxygens (including phenoxy) is 2. The molecule has 2 aromatic heterocycles. The molecule has 3 rings (SSSR count). The number of pyridine rings is 2. The maximum atomic E-state index is 13.0. The van der Waals surface area contributed by atoms with Crippen LogP contribution in [0.5, 0.6) is 5.75 Å². The van der Waals surface area contributed by atoms with Crippen molar-refractivity contribution in [2.45, 2.75) is 43.7 Å². The van der Waals surface area contributed by atoms with Gasteiger partial charge in [-0.25, -0.2) is 13.2 Å². The zero-order valence-electron chi connectivity index (χ0n) is 22.0. The molecule has 1 atom stereocenters. The fourth-order valence-electron chi connectivity index (χ4n) is 3.39. The Morgan fingerprint density at radius 1 is 1.05 bits per heavy atom. The number of carbonyl (C=O) groups is 2. The number of urea groups is 1. The number of hydrogen-bond donors (Lipinski definition) is 4. The number of sulfonamides is 1. The number of nitrogens with zero attached hydrogens (tertiary/aromatic N) is 1. The molecule has 210 valence electrons. The summed E-state index contributed by atoms with van der Waals surface area (Å²) in [5.41, 5.74) is 4.60. The van der Waals surface area contributed by atoms with Crippen LogP contribution in [0, 0.1) is 0 Å². The van der Waals surface area contributed by atoms with Crippen LogP contribution in [0.2, 0.25) is 0 Å². The van der Waals surface area contributed by atoms with Crippen LogP contribution in [0.25, 0.3) is 5.52 Å².